The van der Waals surface area contributed by atoms with E-state index in [9.17, 15) is 4.79 Å². The molecule has 2 heterocycles. The first-order valence-electron chi connectivity index (χ1n) is 9.85. The van der Waals surface area contributed by atoms with Crippen LogP contribution in [0.5, 0.6) is 11.5 Å². The molecule has 1 saturated heterocycles. The Morgan fingerprint density at radius 3 is 2.43 bits per heavy atom. The molecule has 1 fully saturated rings. The SMILES string of the molecule is COc1ccc(-c2nnc(SCC(=O)N3CCCC3)n2-c2ccccc2)cc1OC. The fourth-order valence-electron chi connectivity index (χ4n) is 3.52. The summed E-state index contributed by atoms with van der Waals surface area (Å²) in [5, 5.41) is 9.52. The normalized spacial score (nSPS) is 13.5. The molecule has 30 heavy (non-hydrogen) atoms. The minimum absolute atomic E-state index is 0.146. The number of hydrogen-bond donors (Lipinski definition) is 0. The second-order valence-corrected chi connectivity index (χ2v) is 7.87. The van der Waals surface area contributed by atoms with Gasteiger partial charge in [-0.05, 0) is 43.2 Å². The number of amides is 1. The minimum atomic E-state index is 0.146. The number of thioether (sulfide) groups is 1. The number of nitrogens with zero attached hydrogens (tertiary/aromatic N) is 4. The molecule has 1 aromatic heterocycles. The van der Waals surface area contributed by atoms with Crippen LogP contribution in [0.2, 0.25) is 0 Å². The molecule has 7 nitrogen and oxygen atoms in total. The van der Waals surface area contributed by atoms with Crippen LogP contribution in [-0.4, -0.2) is 58.6 Å². The van der Waals surface area contributed by atoms with Gasteiger partial charge in [-0.25, -0.2) is 0 Å². The maximum atomic E-state index is 12.5. The van der Waals surface area contributed by atoms with Gasteiger partial charge < -0.3 is 14.4 Å². The lowest BCUT2D eigenvalue weighted by molar-refractivity contribution is -0.127. The van der Waals surface area contributed by atoms with E-state index in [0.29, 0.717) is 28.2 Å². The van der Waals surface area contributed by atoms with E-state index in [1.807, 2.05) is 58.0 Å². The summed E-state index contributed by atoms with van der Waals surface area (Å²) in [5.41, 5.74) is 1.78. The summed E-state index contributed by atoms with van der Waals surface area (Å²) in [6.45, 7) is 1.70. The molecule has 0 radical (unpaired) electrons. The molecule has 3 aromatic rings. The maximum absolute atomic E-state index is 12.5. The molecule has 0 saturated carbocycles. The van der Waals surface area contributed by atoms with Crippen molar-refractivity contribution in [3.05, 3.63) is 48.5 Å². The predicted molar refractivity (Wildman–Crippen MR) is 116 cm³/mol. The van der Waals surface area contributed by atoms with E-state index in [1.54, 1.807) is 14.2 Å². The van der Waals surface area contributed by atoms with Gasteiger partial charge in [-0.15, -0.1) is 10.2 Å². The van der Waals surface area contributed by atoms with Gasteiger partial charge >= 0.3 is 0 Å². The van der Waals surface area contributed by atoms with Crippen LogP contribution >= 0.6 is 11.8 Å². The lowest BCUT2D eigenvalue weighted by Gasteiger charge is -2.15. The zero-order valence-corrected chi connectivity index (χ0v) is 17.9. The van der Waals surface area contributed by atoms with Crippen molar-refractivity contribution in [2.24, 2.45) is 0 Å². The van der Waals surface area contributed by atoms with E-state index < -0.39 is 0 Å². The Hall–Kier alpha value is -3.00. The number of benzene rings is 2. The number of aromatic nitrogens is 3. The van der Waals surface area contributed by atoms with Crippen molar-refractivity contribution >= 4 is 17.7 Å². The largest absolute Gasteiger partial charge is 0.493 e. The second kappa shape index (κ2) is 9.21. The third-order valence-corrected chi connectivity index (χ3v) is 5.99. The zero-order chi connectivity index (χ0) is 20.9. The average molecular weight is 425 g/mol. The highest BCUT2D eigenvalue weighted by Crippen LogP contribution is 2.34. The molecule has 1 aliphatic rings. The summed E-state index contributed by atoms with van der Waals surface area (Å²) in [7, 11) is 3.21. The number of carbonyl (C=O) groups is 1. The Morgan fingerprint density at radius 1 is 1.00 bits per heavy atom. The zero-order valence-electron chi connectivity index (χ0n) is 17.1. The standard InChI is InChI=1S/C22H24N4O3S/c1-28-18-11-10-16(14-19(18)29-2)21-23-24-22(26(21)17-8-4-3-5-9-17)30-15-20(27)25-12-6-7-13-25/h3-5,8-11,14H,6-7,12-13,15H2,1-2H3. The van der Waals surface area contributed by atoms with E-state index in [-0.39, 0.29) is 5.91 Å². The third kappa shape index (κ3) is 4.14. The van der Waals surface area contributed by atoms with Crippen LogP contribution in [0.15, 0.2) is 53.7 Å². The Morgan fingerprint density at radius 2 is 1.73 bits per heavy atom. The molecule has 0 unspecified atom stereocenters. The Bertz CT molecular complexity index is 1020. The van der Waals surface area contributed by atoms with Crippen LogP contribution in [0.1, 0.15) is 12.8 Å². The van der Waals surface area contributed by atoms with Crippen molar-refractivity contribution in [1.29, 1.82) is 0 Å². The first-order valence-corrected chi connectivity index (χ1v) is 10.8. The fraction of sp³-hybridized carbons (Fsp3) is 0.318. The van der Waals surface area contributed by atoms with Gasteiger partial charge in [-0.1, -0.05) is 30.0 Å². The lowest BCUT2D eigenvalue weighted by Crippen LogP contribution is -2.29. The molecule has 2 aromatic carbocycles. The van der Waals surface area contributed by atoms with Crippen LogP contribution < -0.4 is 9.47 Å². The third-order valence-electron chi connectivity index (χ3n) is 5.07. The summed E-state index contributed by atoms with van der Waals surface area (Å²) in [6.07, 6.45) is 2.17. The van der Waals surface area contributed by atoms with Gasteiger partial charge in [0.1, 0.15) is 0 Å². The number of hydrogen-bond acceptors (Lipinski definition) is 6. The predicted octanol–water partition coefficient (Wildman–Crippen LogP) is 3.67. The van der Waals surface area contributed by atoms with E-state index in [1.165, 1.54) is 11.8 Å². The molecule has 0 bridgehead atoms. The number of carbonyl (C=O) groups excluding carboxylic acids is 1. The molecule has 0 aliphatic carbocycles. The second-order valence-electron chi connectivity index (χ2n) is 6.92. The average Bonchev–Trinajstić information content (AvgIpc) is 3.48. The van der Waals surface area contributed by atoms with Crippen LogP contribution in [0.3, 0.4) is 0 Å². The van der Waals surface area contributed by atoms with Crippen LogP contribution in [0.4, 0.5) is 0 Å². The highest BCUT2D eigenvalue weighted by molar-refractivity contribution is 7.99. The molecule has 156 valence electrons. The van der Waals surface area contributed by atoms with Crippen LogP contribution in [0.25, 0.3) is 17.1 Å². The summed E-state index contributed by atoms with van der Waals surface area (Å²) >= 11 is 1.41. The van der Waals surface area contributed by atoms with E-state index >= 15 is 0 Å². The number of para-hydroxylation sites is 1. The number of methoxy groups -OCH3 is 2. The Labute approximate surface area is 180 Å². The Kier molecular flexibility index (Phi) is 6.23. The van der Waals surface area contributed by atoms with Gasteiger partial charge in [0.2, 0.25) is 5.91 Å². The Balaban J connectivity index is 1.68. The molecule has 0 spiro atoms. The van der Waals surface area contributed by atoms with E-state index in [2.05, 4.69) is 10.2 Å². The number of ether oxygens (including phenoxy) is 2. The molecule has 4 rings (SSSR count). The van der Waals surface area contributed by atoms with Gasteiger partial charge in [0.25, 0.3) is 0 Å². The summed E-state index contributed by atoms with van der Waals surface area (Å²) in [5.74, 6) is 2.44. The molecule has 1 amide bonds. The fourth-order valence-corrected chi connectivity index (χ4v) is 4.37. The van der Waals surface area contributed by atoms with Crippen LogP contribution in [-0.2, 0) is 4.79 Å². The van der Waals surface area contributed by atoms with Crippen LogP contribution in [0, 0.1) is 0 Å². The van der Waals surface area contributed by atoms with Crippen molar-refractivity contribution in [2.75, 3.05) is 33.1 Å². The minimum Gasteiger partial charge on any atom is -0.493 e. The van der Waals surface area contributed by atoms with Gasteiger partial charge in [0.05, 0.1) is 20.0 Å². The van der Waals surface area contributed by atoms with E-state index in [4.69, 9.17) is 9.47 Å². The van der Waals surface area contributed by atoms with Crippen molar-refractivity contribution < 1.29 is 14.3 Å². The van der Waals surface area contributed by atoms with Gasteiger partial charge in [-0.2, -0.15) is 0 Å². The highest BCUT2D eigenvalue weighted by Gasteiger charge is 2.21. The first-order chi connectivity index (χ1) is 14.7. The van der Waals surface area contributed by atoms with Crippen molar-refractivity contribution in [1.82, 2.24) is 19.7 Å². The molecule has 8 heteroatoms. The first kappa shape index (κ1) is 20.3. The summed E-state index contributed by atoms with van der Waals surface area (Å²) < 4.78 is 12.8. The number of rotatable bonds is 7. The van der Waals surface area contributed by atoms with Gasteiger partial charge in [0, 0.05) is 24.3 Å². The highest BCUT2D eigenvalue weighted by atomic mass is 32.2. The van der Waals surface area contributed by atoms with E-state index in [0.717, 1.165) is 37.2 Å². The molecular weight excluding hydrogens is 400 g/mol. The monoisotopic (exact) mass is 424 g/mol. The van der Waals surface area contributed by atoms with Crippen molar-refractivity contribution in [2.45, 2.75) is 18.0 Å². The topological polar surface area (TPSA) is 69.5 Å². The molecule has 0 atom stereocenters. The van der Waals surface area contributed by atoms with Crippen molar-refractivity contribution in [3.8, 4) is 28.6 Å². The van der Waals surface area contributed by atoms with Gasteiger partial charge in [-0.3, -0.25) is 9.36 Å². The smallest absolute Gasteiger partial charge is 0.233 e. The maximum Gasteiger partial charge on any atom is 0.233 e. The van der Waals surface area contributed by atoms with Gasteiger partial charge in [0.15, 0.2) is 22.5 Å². The lowest BCUT2D eigenvalue weighted by atomic mass is 10.2. The summed E-state index contributed by atoms with van der Waals surface area (Å²) in [4.78, 5) is 14.4. The summed E-state index contributed by atoms with van der Waals surface area (Å²) in [6, 6.07) is 15.6. The molecule has 0 N–H and O–H groups in total. The quantitative estimate of drug-likeness (QED) is 0.539. The molecule has 1 aliphatic heterocycles. The molecular formula is C22H24N4O3S. The number of likely N-dealkylation sites (tertiary alicyclic amines) is 1. The van der Waals surface area contributed by atoms with Crippen molar-refractivity contribution in [3.63, 3.8) is 0 Å².